The first-order chi connectivity index (χ1) is 10.1. The van der Waals surface area contributed by atoms with Gasteiger partial charge in [0.2, 0.25) is 11.8 Å². The zero-order valence-corrected chi connectivity index (χ0v) is 13.2. The van der Waals surface area contributed by atoms with Gasteiger partial charge in [-0.3, -0.25) is 9.59 Å². The molecule has 1 atom stereocenters. The quantitative estimate of drug-likeness (QED) is 0.698. The van der Waals surface area contributed by atoms with Gasteiger partial charge in [-0.1, -0.05) is 12.1 Å². The number of benzene rings is 1. The van der Waals surface area contributed by atoms with E-state index >= 15 is 0 Å². The lowest BCUT2D eigenvalue weighted by Crippen LogP contribution is -2.44. The molecule has 1 fully saturated rings. The van der Waals surface area contributed by atoms with Gasteiger partial charge in [-0.2, -0.15) is 0 Å². The van der Waals surface area contributed by atoms with Gasteiger partial charge in [0, 0.05) is 31.1 Å². The van der Waals surface area contributed by atoms with Gasteiger partial charge in [0.25, 0.3) is 0 Å². The molecule has 0 aliphatic carbocycles. The summed E-state index contributed by atoms with van der Waals surface area (Å²) in [7, 11) is 0. The highest BCUT2D eigenvalue weighted by Crippen LogP contribution is 2.05. The van der Waals surface area contributed by atoms with Crippen LogP contribution in [-0.4, -0.2) is 44.2 Å². The number of amides is 2. The van der Waals surface area contributed by atoms with Crippen LogP contribution < -0.4 is 16.4 Å². The SMILES string of the molecule is Cl.NC(=O)c1cccc(CCNC(=O)CC2COCCN2)c1. The minimum absolute atomic E-state index is 0. The van der Waals surface area contributed by atoms with Crippen LogP contribution in [0, 0.1) is 0 Å². The molecule has 0 bridgehead atoms. The van der Waals surface area contributed by atoms with Crippen molar-refractivity contribution in [3.63, 3.8) is 0 Å². The maximum atomic E-state index is 11.8. The molecular formula is C15H22ClN3O3. The third-order valence-corrected chi connectivity index (χ3v) is 3.38. The number of rotatable bonds is 6. The average molecular weight is 328 g/mol. The minimum Gasteiger partial charge on any atom is -0.378 e. The Balaban J connectivity index is 0.00000242. The second-order valence-electron chi connectivity index (χ2n) is 5.09. The molecule has 7 heteroatoms. The number of hydrogen-bond acceptors (Lipinski definition) is 4. The molecular weight excluding hydrogens is 306 g/mol. The van der Waals surface area contributed by atoms with Gasteiger partial charge < -0.3 is 21.1 Å². The predicted molar refractivity (Wildman–Crippen MR) is 86.1 cm³/mol. The van der Waals surface area contributed by atoms with E-state index in [4.69, 9.17) is 10.5 Å². The molecule has 1 aromatic rings. The first-order valence-electron chi connectivity index (χ1n) is 7.12. The predicted octanol–water partition coefficient (Wildman–Crippen LogP) is 0.244. The Bertz CT molecular complexity index is 505. The Hall–Kier alpha value is -1.63. The summed E-state index contributed by atoms with van der Waals surface area (Å²) >= 11 is 0. The highest BCUT2D eigenvalue weighted by Gasteiger charge is 2.16. The Kier molecular flexibility index (Phi) is 7.87. The van der Waals surface area contributed by atoms with Gasteiger partial charge in [0.15, 0.2) is 0 Å². The molecule has 22 heavy (non-hydrogen) atoms. The van der Waals surface area contributed by atoms with Crippen molar-refractivity contribution >= 4 is 24.2 Å². The number of hydrogen-bond donors (Lipinski definition) is 3. The van der Waals surface area contributed by atoms with Gasteiger partial charge in [0.1, 0.15) is 0 Å². The fourth-order valence-electron chi connectivity index (χ4n) is 2.27. The molecule has 0 radical (unpaired) electrons. The fourth-order valence-corrected chi connectivity index (χ4v) is 2.27. The monoisotopic (exact) mass is 327 g/mol. The molecule has 1 aliphatic heterocycles. The van der Waals surface area contributed by atoms with E-state index in [1.807, 2.05) is 6.07 Å². The van der Waals surface area contributed by atoms with Crippen molar-refractivity contribution in [3.8, 4) is 0 Å². The zero-order valence-electron chi connectivity index (χ0n) is 12.3. The molecule has 0 saturated carbocycles. The van der Waals surface area contributed by atoms with Crippen LogP contribution in [0.1, 0.15) is 22.3 Å². The third kappa shape index (κ3) is 6.01. The summed E-state index contributed by atoms with van der Waals surface area (Å²) in [5.41, 5.74) is 6.70. The summed E-state index contributed by atoms with van der Waals surface area (Å²) in [4.78, 5) is 22.9. The Morgan fingerprint density at radius 1 is 1.41 bits per heavy atom. The summed E-state index contributed by atoms with van der Waals surface area (Å²) in [6.07, 6.45) is 1.09. The largest absolute Gasteiger partial charge is 0.378 e. The fraction of sp³-hybridized carbons (Fsp3) is 0.467. The molecule has 122 valence electrons. The third-order valence-electron chi connectivity index (χ3n) is 3.38. The second kappa shape index (κ2) is 9.40. The maximum Gasteiger partial charge on any atom is 0.248 e. The molecule has 1 saturated heterocycles. The van der Waals surface area contributed by atoms with E-state index in [0.29, 0.717) is 38.2 Å². The lowest BCUT2D eigenvalue weighted by Gasteiger charge is -2.23. The normalized spacial score (nSPS) is 17.4. The van der Waals surface area contributed by atoms with E-state index in [9.17, 15) is 9.59 Å². The van der Waals surface area contributed by atoms with Crippen LogP contribution in [0.2, 0.25) is 0 Å². The van der Waals surface area contributed by atoms with Crippen molar-refractivity contribution < 1.29 is 14.3 Å². The number of carbonyl (C=O) groups is 2. The minimum atomic E-state index is -0.441. The summed E-state index contributed by atoms with van der Waals surface area (Å²) in [6.45, 7) is 2.61. The lowest BCUT2D eigenvalue weighted by atomic mass is 10.1. The van der Waals surface area contributed by atoms with E-state index in [1.54, 1.807) is 18.2 Å². The molecule has 0 spiro atoms. The van der Waals surface area contributed by atoms with Crippen LogP contribution in [0.15, 0.2) is 24.3 Å². The number of primary amides is 1. The number of nitrogens with one attached hydrogen (secondary N) is 2. The number of halogens is 1. The standard InChI is InChI=1S/C15H21N3O3.ClH/c16-15(20)12-3-1-2-11(8-12)4-5-18-14(19)9-13-10-21-7-6-17-13;/h1-3,8,13,17H,4-7,9-10H2,(H2,16,20)(H,18,19);1H. The molecule has 1 aromatic carbocycles. The van der Waals surface area contributed by atoms with Crippen molar-refractivity contribution in [3.05, 3.63) is 35.4 Å². The van der Waals surface area contributed by atoms with Crippen LogP contribution >= 0.6 is 12.4 Å². The number of carbonyl (C=O) groups excluding carboxylic acids is 2. The van der Waals surface area contributed by atoms with E-state index in [-0.39, 0.29) is 24.4 Å². The molecule has 1 unspecified atom stereocenters. The van der Waals surface area contributed by atoms with Gasteiger partial charge in [0.05, 0.1) is 13.2 Å². The smallest absolute Gasteiger partial charge is 0.248 e. The highest BCUT2D eigenvalue weighted by molar-refractivity contribution is 5.92. The Morgan fingerprint density at radius 3 is 2.91 bits per heavy atom. The summed E-state index contributed by atoms with van der Waals surface area (Å²) in [5.74, 6) is -0.437. The molecule has 4 N–H and O–H groups in total. The van der Waals surface area contributed by atoms with E-state index in [1.165, 1.54) is 0 Å². The lowest BCUT2D eigenvalue weighted by molar-refractivity contribution is -0.122. The molecule has 6 nitrogen and oxygen atoms in total. The molecule has 1 aliphatic rings. The first kappa shape index (κ1) is 18.4. The van der Waals surface area contributed by atoms with E-state index in [2.05, 4.69) is 10.6 Å². The van der Waals surface area contributed by atoms with Gasteiger partial charge in [-0.15, -0.1) is 12.4 Å². The van der Waals surface area contributed by atoms with Crippen molar-refractivity contribution in [2.75, 3.05) is 26.3 Å². The highest BCUT2D eigenvalue weighted by atomic mass is 35.5. The van der Waals surface area contributed by atoms with Crippen molar-refractivity contribution in [1.29, 1.82) is 0 Å². The summed E-state index contributed by atoms with van der Waals surface area (Å²) in [5, 5.41) is 6.12. The molecule has 2 amide bonds. The van der Waals surface area contributed by atoms with Crippen LogP contribution in [-0.2, 0) is 16.0 Å². The average Bonchev–Trinajstić information content (AvgIpc) is 2.48. The zero-order chi connectivity index (χ0) is 15.1. The summed E-state index contributed by atoms with van der Waals surface area (Å²) < 4.78 is 5.31. The molecule has 2 rings (SSSR count). The topological polar surface area (TPSA) is 93.5 Å². The van der Waals surface area contributed by atoms with Crippen LogP contribution in [0.4, 0.5) is 0 Å². The first-order valence-corrected chi connectivity index (χ1v) is 7.12. The van der Waals surface area contributed by atoms with Crippen LogP contribution in [0.3, 0.4) is 0 Å². The van der Waals surface area contributed by atoms with Crippen molar-refractivity contribution in [2.45, 2.75) is 18.9 Å². The van der Waals surface area contributed by atoms with Gasteiger partial charge >= 0.3 is 0 Å². The van der Waals surface area contributed by atoms with Gasteiger partial charge in [-0.25, -0.2) is 0 Å². The summed E-state index contributed by atoms with van der Waals surface area (Å²) in [6, 6.07) is 7.23. The van der Waals surface area contributed by atoms with Crippen molar-refractivity contribution in [2.24, 2.45) is 5.73 Å². The Morgan fingerprint density at radius 2 is 2.23 bits per heavy atom. The van der Waals surface area contributed by atoms with Crippen molar-refractivity contribution in [1.82, 2.24) is 10.6 Å². The number of nitrogens with two attached hydrogens (primary N) is 1. The molecule has 1 heterocycles. The van der Waals surface area contributed by atoms with E-state index in [0.717, 1.165) is 12.1 Å². The number of morpholine rings is 1. The second-order valence-corrected chi connectivity index (χ2v) is 5.09. The molecule has 0 aromatic heterocycles. The van der Waals surface area contributed by atoms with Gasteiger partial charge in [-0.05, 0) is 24.1 Å². The van der Waals surface area contributed by atoms with Crippen LogP contribution in [0.5, 0.6) is 0 Å². The van der Waals surface area contributed by atoms with Crippen LogP contribution in [0.25, 0.3) is 0 Å². The van der Waals surface area contributed by atoms with E-state index < -0.39 is 5.91 Å². The Labute approximate surface area is 136 Å². The number of ether oxygens (including phenoxy) is 1. The maximum absolute atomic E-state index is 11.8.